The fourth-order valence-electron chi connectivity index (χ4n) is 1.36. The Balaban J connectivity index is 4.90. The summed E-state index contributed by atoms with van der Waals surface area (Å²) in [5.41, 5.74) is 0. The van der Waals surface area contributed by atoms with E-state index in [1.807, 2.05) is 0 Å². The van der Waals surface area contributed by atoms with Crippen LogP contribution in [0, 0.1) is 0 Å². The quantitative estimate of drug-likeness (QED) is 0.252. The number of hydrogen-bond donors (Lipinski definition) is 0. The molecule has 0 saturated carbocycles. The Morgan fingerprint density at radius 3 is 2.15 bits per heavy atom. The van der Waals surface area contributed by atoms with Crippen LogP contribution >= 0.6 is 7.60 Å². The van der Waals surface area contributed by atoms with Crippen LogP contribution < -0.4 is 0 Å². The molecule has 0 rings (SSSR count). The minimum atomic E-state index is -3.37. The average molecular weight is 309 g/mol. The average Bonchev–Trinajstić information content (AvgIpc) is 2.38. The van der Waals surface area contributed by atoms with E-state index in [4.69, 9.17) is 18.5 Å². The van der Waals surface area contributed by atoms with Crippen molar-refractivity contribution in [1.82, 2.24) is 0 Å². The fraction of sp³-hybridized carbons (Fsp3) is 0.833. The smallest absolute Gasteiger partial charge is 0.333 e. The second-order valence-electron chi connectivity index (χ2n) is 3.61. The molecule has 0 aliphatic rings. The maximum atomic E-state index is 12.4. The van der Waals surface area contributed by atoms with Gasteiger partial charge >= 0.3 is 13.6 Å². The first-order chi connectivity index (χ1) is 9.52. The predicted molar refractivity (Wildman–Crippen MR) is 76.3 cm³/mol. The molecule has 118 valence electrons. The van der Waals surface area contributed by atoms with Gasteiger partial charge in [-0.3, -0.25) is 4.57 Å². The van der Waals surface area contributed by atoms with Gasteiger partial charge in [0, 0.05) is 0 Å². The molecule has 0 heterocycles. The summed E-state index contributed by atoms with van der Waals surface area (Å²) in [6.07, 6.45) is 0.987. The third-order valence-corrected chi connectivity index (χ3v) is 4.19. The Bertz CT molecular complexity index is 337. The van der Waals surface area contributed by atoms with Gasteiger partial charge in [-0.25, -0.2) is 9.79 Å². The largest absolute Gasteiger partial charge is 0.484 e. The van der Waals surface area contributed by atoms with Crippen LogP contribution in [0.5, 0.6) is 0 Å². The van der Waals surface area contributed by atoms with Crippen LogP contribution in [0.1, 0.15) is 27.7 Å². The zero-order chi connectivity index (χ0) is 15.4. The summed E-state index contributed by atoms with van der Waals surface area (Å²) in [6, 6.07) is -0.967. The summed E-state index contributed by atoms with van der Waals surface area (Å²) >= 11 is 0. The zero-order valence-corrected chi connectivity index (χ0v) is 13.4. The van der Waals surface area contributed by atoms with Crippen LogP contribution in [0.25, 0.3) is 0 Å². The van der Waals surface area contributed by atoms with Crippen LogP contribution in [0.3, 0.4) is 0 Å². The van der Waals surface area contributed by atoms with Crippen molar-refractivity contribution in [2.75, 3.05) is 32.6 Å². The van der Waals surface area contributed by atoms with Gasteiger partial charge in [-0.05, 0) is 27.7 Å². The monoisotopic (exact) mass is 309 g/mol. The van der Waals surface area contributed by atoms with Crippen LogP contribution in [0.4, 0.5) is 0 Å². The Morgan fingerprint density at radius 1 is 1.10 bits per heavy atom. The number of nitrogens with zero attached hydrogens (tertiary/aromatic N) is 1. The maximum Gasteiger partial charge on any atom is 0.333 e. The number of rotatable bonds is 11. The minimum absolute atomic E-state index is 0.170. The molecule has 0 aromatic heterocycles. The summed E-state index contributed by atoms with van der Waals surface area (Å²) < 4.78 is 32.5. The molecule has 0 aliphatic heterocycles. The third-order valence-electron chi connectivity index (χ3n) is 2.09. The molecule has 0 saturated heterocycles. The minimum Gasteiger partial charge on any atom is -0.484 e. The molecule has 20 heavy (non-hydrogen) atoms. The molecular formula is C12H24NO6P. The van der Waals surface area contributed by atoms with E-state index in [-0.39, 0.29) is 26.0 Å². The van der Waals surface area contributed by atoms with E-state index >= 15 is 0 Å². The lowest BCUT2D eigenvalue weighted by atomic mass is 10.4. The lowest BCUT2D eigenvalue weighted by Gasteiger charge is -2.19. The Hall–Kier alpha value is -0.910. The maximum absolute atomic E-state index is 12.4. The Morgan fingerprint density at radius 2 is 1.70 bits per heavy atom. The van der Waals surface area contributed by atoms with Gasteiger partial charge in [0.15, 0.2) is 12.4 Å². The van der Waals surface area contributed by atoms with Crippen molar-refractivity contribution in [3.63, 3.8) is 0 Å². The number of esters is 1. The topological polar surface area (TPSA) is 83.4 Å². The molecule has 8 heteroatoms. The van der Waals surface area contributed by atoms with Gasteiger partial charge in [0.2, 0.25) is 0 Å². The standard InChI is InChI=1S/C12H24NO6P/c1-5-16-10-13-11(12(14)17-6-2)9-20(15,18-7-3)19-8-4/h10-11H,5-9H2,1-4H3/t11-/m0/s1. The first-order valence-corrected chi connectivity index (χ1v) is 8.43. The number of carbonyl (C=O) groups excluding carboxylic acids is 1. The van der Waals surface area contributed by atoms with E-state index in [1.54, 1.807) is 27.7 Å². The van der Waals surface area contributed by atoms with Crippen molar-refractivity contribution < 1.29 is 27.9 Å². The summed E-state index contributed by atoms with van der Waals surface area (Å²) in [5, 5.41) is 0. The highest BCUT2D eigenvalue weighted by Crippen LogP contribution is 2.48. The van der Waals surface area contributed by atoms with Gasteiger partial charge in [-0.15, -0.1) is 0 Å². The highest BCUT2D eigenvalue weighted by molar-refractivity contribution is 7.54. The van der Waals surface area contributed by atoms with E-state index in [9.17, 15) is 9.36 Å². The second kappa shape index (κ2) is 10.8. The van der Waals surface area contributed by atoms with Gasteiger partial charge in [0.1, 0.15) is 0 Å². The molecule has 0 aliphatic carbocycles. The Labute approximate surface area is 120 Å². The summed E-state index contributed by atoms with van der Waals surface area (Å²) in [7, 11) is -3.37. The molecule has 7 nitrogen and oxygen atoms in total. The predicted octanol–water partition coefficient (Wildman–Crippen LogP) is 2.25. The van der Waals surface area contributed by atoms with Crippen molar-refractivity contribution in [3.8, 4) is 0 Å². The molecule has 0 aromatic carbocycles. The van der Waals surface area contributed by atoms with Crippen molar-refractivity contribution in [1.29, 1.82) is 0 Å². The van der Waals surface area contributed by atoms with Crippen LogP contribution in [-0.2, 0) is 27.9 Å². The van der Waals surface area contributed by atoms with E-state index < -0.39 is 19.6 Å². The molecule has 0 fully saturated rings. The second-order valence-corrected chi connectivity index (χ2v) is 5.71. The van der Waals surface area contributed by atoms with Gasteiger partial charge < -0.3 is 18.5 Å². The van der Waals surface area contributed by atoms with Crippen LogP contribution in [0.2, 0.25) is 0 Å². The van der Waals surface area contributed by atoms with Gasteiger partial charge in [-0.1, -0.05) is 0 Å². The lowest BCUT2D eigenvalue weighted by Crippen LogP contribution is -2.26. The molecule has 0 N–H and O–H groups in total. The molecule has 0 amide bonds. The van der Waals surface area contributed by atoms with E-state index in [2.05, 4.69) is 4.99 Å². The van der Waals surface area contributed by atoms with Gasteiger partial charge in [0.25, 0.3) is 0 Å². The third kappa shape index (κ3) is 7.62. The molecule has 1 atom stereocenters. The lowest BCUT2D eigenvalue weighted by molar-refractivity contribution is -0.144. The number of ether oxygens (including phenoxy) is 2. The molecular weight excluding hydrogens is 285 g/mol. The van der Waals surface area contributed by atoms with Gasteiger partial charge in [0.05, 0.1) is 32.6 Å². The number of carbonyl (C=O) groups is 1. The zero-order valence-electron chi connectivity index (χ0n) is 12.5. The van der Waals surface area contributed by atoms with Crippen molar-refractivity contribution in [3.05, 3.63) is 0 Å². The molecule has 0 radical (unpaired) electrons. The summed E-state index contributed by atoms with van der Waals surface area (Å²) in [4.78, 5) is 15.7. The highest BCUT2D eigenvalue weighted by atomic mass is 31.2. The highest BCUT2D eigenvalue weighted by Gasteiger charge is 2.33. The first kappa shape index (κ1) is 19.1. The van der Waals surface area contributed by atoms with Crippen LogP contribution in [0.15, 0.2) is 4.99 Å². The van der Waals surface area contributed by atoms with E-state index in [0.29, 0.717) is 6.61 Å². The SMILES string of the molecule is CCOC=N[C@@H](CP(=O)(OCC)OCC)C(=O)OCC. The van der Waals surface area contributed by atoms with Crippen molar-refractivity contribution >= 4 is 20.0 Å². The normalized spacial score (nSPS) is 13.4. The molecule has 0 unspecified atom stereocenters. The molecule has 0 aromatic rings. The van der Waals surface area contributed by atoms with Gasteiger partial charge in [-0.2, -0.15) is 0 Å². The number of aliphatic imine (C=N–C) groups is 1. The van der Waals surface area contributed by atoms with Crippen LogP contribution in [-0.4, -0.2) is 51.0 Å². The van der Waals surface area contributed by atoms with E-state index in [1.165, 1.54) is 0 Å². The molecule has 0 bridgehead atoms. The summed E-state index contributed by atoms with van der Waals surface area (Å²) in [5.74, 6) is -0.580. The summed E-state index contributed by atoms with van der Waals surface area (Å²) in [6.45, 7) is 7.97. The fourth-order valence-corrected chi connectivity index (χ4v) is 3.10. The molecule has 0 spiro atoms. The van der Waals surface area contributed by atoms with Crippen molar-refractivity contribution in [2.24, 2.45) is 4.99 Å². The van der Waals surface area contributed by atoms with Crippen molar-refractivity contribution in [2.45, 2.75) is 33.7 Å². The first-order valence-electron chi connectivity index (χ1n) is 6.70. The van der Waals surface area contributed by atoms with E-state index in [0.717, 1.165) is 6.40 Å². The number of hydrogen-bond acceptors (Lipinski definition) is 7. The Kier molecular flexibility index (Phi) is 10.3.